The molecule has 0 radical (unpaired) electrons. The number of halogens is 2. The van der Waals surface area contributed by atoms with Crippen molar-refractivity contribution in [3.63, 3.8) is 0 Å². The zero-order chi connectivity index (χ0) is 14.4. The van der Waals surface area contributed by atoms with E-state index in [1.165, 1.54) is 0 Å². The van der Waals surface area contributed by atoms with Crippen molar-refractivity contribution >= 4 is 40.4 Å². The fourth-order valence-electron chi connectivity index (χ4n) is 2.59. The number of hydrogen-bond acceptors (Lipinski definition) is 1. The van der Waals surface area contributed by atoms with Gasteiger partial charge in [-0.1, -0.05) is 23.7 Å². The Morgan fingerprint density at radius 2 is 2.00 bits per heavy atom. The summed E-state index contributed by atoms with van der Waals surface area (Å²) in [7, 11) is 0. The van der Waals surface area contributed by atoms with Gasteiger partial charge in [0.15, 0.2) is 0 Å². The largest absolute Gasteiger partial charge is 0.301 e. The van der Waals surface area contributed by atoms with E-state index in [1.807, 2.05) is 39.0 Å². The lowest BCUT2D eigenvalue weighted by molar-refractivity contribution is -0.118. The highest BCUT2D eigenvalue weighted by molar-refractivity contribution is 6.33. The minimum Gasteiger partial charge on any atom is -0.301 e. The molecule has 2 rings (SSSR count). The van der Waals surface area contributed by atoms with Crippen LogP contribution in [0.3, 0.4) is 0 Å². The molecular weight excluding hydrogens is 281 g/mol. The van der Waals surface area contributed by atoms with Crippen LogP contribution in [0.1, 0.15) is 33.3 Å². The van der Waals surface area contributed by atoms with E-state index < -0.39 is 10.9 Å². The Labute approximate surface area is 124 Å². The molecule has 1 aliphatic heterocycles. The van der Waals surface area contributed by atoms with Gasteiger partial charge < -0.3 is 4.90 Å². The lowest BCUT2D eigenvalue weighted by Gasteiger charge is -2.42. The molecule has 1 amide bonds. The van der Waals surface area contributed by atoms with Gasteiger partial charge in [-0.2, -0.15) is 0 Å². The van der Waals surface area contributed by atoms with Crippen molar-refractivity contribution < 1.29 is 4.79 Å². The number of amides is 1. The topological polar surface area (TPSA) is 20.3 Å². The molecule has 0 aromatic heterocycles. The first-order chi connectivity index (χ1) is 8.74. The van der Waals surface area contributed by atoms with Gasteiger partial charge >= 0.3 is 0 Å². The Hall–Kier alpha value is -0.990. The molecule has 1 aromatic rings. The van der Waals surface area contributed by atoms with Gasteiger partial charge in [-0.25, -0.2) is 0 Å². The summed E-state index contributed by atoms with van der Waals surface area (Å²) in [5.41, 5.74) is 2.58. The Bertz CT molecular complexity index is 561. The van der Waals surface area contributed by atoms with E-state index in [9.17, 15) is 4.79 Å². The molecule has 102 valence electrons. The highest BCUT2D eigenvalue weighted by atomic mass is 35.5. The molecule has 0 spiro atoms. The predicted molar refractivity (Wildman–Crippen MR) is 82.0 cm³/mol. The number of benzene rings is 1. The van der Waals surface area contributed by atoms with Crippen LogP contribution in [-0.4, -0.2) is 16.8 Å². The Balaban J connectivity index is 2.66. The smallest absolute Gasteiger partial charge is 0.245 e. The lowest BCUT2D eigenvalue weighted by Crippen LogP contribution is -2.51. The molecule has 2 nitrogen and oxygen atoms in total. The molecular formula is C15H17Cl2NO. The van der Waals surface area contributed by atoms with Gasteiger partial charge in [0.1, 0.15) is 5.38 Å². The third-order valence-corrected chi connectivity index (χ3v) is 3.75. The summed E-state index contributed by atoms with van der Waals surface area (Å²) in [5.74, 6) is -0.112. The van der Waals surface area contributed by atoms with Crippen LogP contribution >= 0.6 is 23.2 Å². The van der Waals surface area contributed by atoms with Crippen LogP contribution in [-0.2, 0) is 4.79 Å². The van der Waals surface area contributed by atoms with Crippen molar-refractivity contribution in [2.24, 2.45) is 0 Å². The minimum atomic E-state index is -0.571. The maximum absolute atomic E-state index is 12.4. The standard InChI is InChI=1S/C15H17Cl2NO/c1-9-8-15(3,4)18(14(19)10(2)16)13-7-11(17)5-6-12(9)13/h5-8,10H,1-4H3/t10-/m1/s1. The van der Waals surface area contributed by atoms with Crippen LogP contribution in [0.4, 0.5) is 5.69 Å². The second-order valence-corrected chi connectivity index (χ2v) is 6.52. The third-order valence-electron chi connectivity index (χ3n) is 3.33. The first kappa shape index (κ1) is 14.4. The minimum absolute atomic E-state index is 0.112. The number of alkyl halides is 1. The van der Waals surface area contributed by atoms with E-state index in [-0.39, 0.29) is 5.91 Å². The molecule has 1 atom stereocenters. The highest BCUT2D eigenvalue weighted by Gasteiger charge is 2.37. The lowest BCUT2D eigenvalue weighted by atomic mass is 9.88. The third kappa shape index (κ3) is 2.52. The first-order valence-corrected chi connectivity index (χ1v) is 7.03. The molecule has 4 heteroatoms. The monoisotopic (exact) mass is 297 g/mol. The van der Waals surface area contributed by atoms with Crippen molar-refractivity contribution in [3.8, 4) is 0 Å². The number of anilines is 1. The van der Waals surface area contributed by atoms with Gasteiger partial charge in [0, 0.05) is 10.6 Å². The summed E-state index contributed by atoms with van der Waals surface area (Å²) in [4.78, 5) is 14.2. The number of carbonyl (C=O) groups excluding carboxylic acids is 1. The second-order valence-electron chi connectivity index (χ2n) is 5.43. The van der Waals surface area contributed by atoms with Crippen molar-refractivity contribution in [2.45, 2.75) is 38.6 Å². The fourth-order valence-corrected chi connectivity index (χ4v) is 2.85. The maximum Gasteiger partial charge on any atom is 0.245 e. The molecule has 1 heterocycles. The normalized spacial score (nSPS) is 18.6. The molecule has 0 N–H and O–H groups in total. The van der Waals surface area contributed by atoms with E-state index in [0.29, 0.717) is 5.02 Å². The zero-order valence-electron chi connectivity index (χ0n) is 11.5. The van der Waals surface area contributed by atoms with Crippen LogP contribution in [0.2, 0.25) is 5.02 Å². The van der Waals surface area contributed by atoms with E-state index in [1.54, 1.807) is 11.8 Å². The molecule has 0 saturated carbocycles. The van der Waals surface area contributed by atoms with Crippen molar-refractivity contribution in [2.75, 3.05) is 4.90 Å². The molecule has 1 aromatic carbocycles. The SMILES string of the molecule is CC1=CC(C)(C)N(C(=O)[C@@H](C)Cl)c2cc(Cl)ccc21. The van der Waals surface area contributed by atoms with Crippen molar-refractivity contribution in [3.05, 3.63) is 34.9 Å². The highest BCUT2D eigenvalue weighted by Crippen LogP contribution is 2.40. The average molecular weight is 298 g/mol. The van der Waals surface area contributed by atoms with E-state index >= 15 is 0 Å². The van der Waals surface area contributed by atoms with Crippen LogP contribution in [0.15, 0.2) is 24.3 Å². The van der Waals surface area contributed by atoms with Crippen molar-refractivity contribution in [1.29, 1.82) is 0 Å². The van der Waals surface area contributed by atoms with E-state index in [0.717, 1.165) is 16.8 Å². The van der Waals surface area contributed by atoms with Crippen LogP contribution in [0.5, 0.6) is 0 Å². The Morgan fingerprint density at radius 3 is 2.58 bits per heavy atom. The molecule has 0 unspecified atom stereocenters. The van der Waals surface area contributed by atoms with Gasteiger partial charge in [-0.3, -0.25) is 4.79 Å². The molecule has 19 heavy (non-hydrogen) atoms. The van der Waals surface area contributed by atoms with Gasteiger partial charge in [0.2, 0.25) is 5.91 Å². The molecule has 0 bridgehead atoms. The van der Waals surface area contributed by atoms with Crippen LogP contribution in [0, 0.1) is 0 Å². The van der Waals surface area contributed by atoms with Gasteiger partial charge in [-0.15, -0.1) is 11.6 Å². The summed E-state index contributed by atoms with van der Waals surface area (Å²) in [5, 5.41) is 0.0437. The molecule has 0 fully saturated rings. The number of carbonyl (C=O) groups is 1. The van der Waals surface area contributed by atoms with Crippen LogP contribution in [0.25, 0.3) is 5.57 Å². The summed E-state index contributed by atoms with van der Waals surface area (Å²) < 4.78 is 0. The first-order valence-electron chi connectivity index (χ1n) is 6.21. The number of nitrogens with zero attached hydrogens (tertiary/aromatic N) is 1. The number of hydrogen-bond donors (Lipinski definition) is 0. The Kier molecular flexibility index (Phi) is 3.67. The summed E-state index contributed by atoms with van der Waals surface area (Å²) in [6.07, 6.45) is 2.08. The quantitative estimate of drug-likeness (QED) is 0.699. The summed E-state index contributed by atoms with van der Waals surface area (Å²) in [6, 6.07) is 5.60. The fraction of sp³-hybridized carbons (Fsp3) is 0.400. The average Bonchev–Trinajstić information content (AvgIpc) is 2.26. The van der Waals surface area contributed by atoms with E-state index in [4.69, 9.17) is 23.2 Å². The van der Waals surface area contributed by atoms with Gasteiger partial charge in [-0.05, 0) is 45.4 Å². The summed E-state index contributed by atoms with van der Waals surface area (Å²) in [6.45, 7) is 7.73. The zero-order valence-corrected chi connectivity index (χ0v) is 13.0. The Morgan fingerprint density at radius 1 is 1.37 bits per heavy atom. The van der Waals surface area contributed by atoms with E-state index in [2.05, 4.69) is 6.08 Å². The molecule has 0 saturated heterocycles. The second kappa shape index (κ2) is 4.84. The van der Waals surface area contributed by atoms with Crippen LogP contribution < -0.4 is 4.90 Å². The van der Waals surface area contributed by atoms with Gasteiger partial charge in [0.05, 0.1) is 11.2 Å². The predicted octanol–water partition coefficient (Wildman–Crippen LogP) is 4.50. The van der Waals surface area contributed by atoms with Gasteiger partial charge in [0.25, 0.3) is 0 Å². The number of fused-ring (bicyclic) bond motifs is 1. The molecule has 0 aliphatic carbocycles. The maximum atomic E-state index is 12.4. The number of rotatable bonds is 1. The summed E-state index contributed by atoms with van der Waals surface area (Å²) >= 11 is 12.1. The molecule has 1 aliphatic rings. The number of allylic oxidation sites excluding steroid dienone is 1. The van der Waals surface area contributed by atoms with Crippen molar-refractivity contribution in [1.82, 2.24) is 0 Å².